The number of aliphatic hydroxyl groups is 1. The molecule has 0 saturated carbocycles. The molecule has 1 aliphatic heterocycles. The van der Waals surface area contributed by atoms with Gasteiger partial charge in [0.05, 0.1) is 25.8 Å². The maximum Gasteiger partial charge on any atom is 0.179 e. The molecule has 0 aromatic heterocycles. The van der Waals surface area contributed by atoms with Gasteiger partial charge in [0.2, 0.25) is 0 Å². The second-order valence-corrected chi connectivity index (χ2v) is 4.23. The second-order valence-electron chi connectivity index (χ2n) is 3.85. The molecule has 1 aromatic rings. The van der Waals surface area contributed by atoms with Crippen molar-refractivity contribution in [3.05, 3.63) is 34.6 Å². The zero-order chi connectivity index (χ0) is 13.1. The highest BCUT2D eigenvalue weighted by molar-refractivity contribution is 6.33. The zero-order valence-electron chi connectivity index (χ0n) is 10.3. The van der Waals surface area contributed by atoms with Crippen LogP contribution in [0, 0.1) is 0 Å². The van der Waals surface area contributed by atoms with Crippen LogP contribution in [0.1, 0.15) is 18.1 Å². The van der Waals surface area contributed by atoms with E-state index >= 15 is 0 Å². The Morgan fingerprint density at radius 1 is 1.33 bits per heavy atom. The van der Waals surface area contributed by atoms with E-state index in [0.29, 0.717) is 34.5 Å². The van der Waals surface area contributed by atoms with Crippen molar-refractivity contribution in [2.75, 3.05) is 20.8 Å². The van der Waals surface area contributed by atoms with E-state index < -0.39 is 6.10 Å². The topological polar surface area (TPSA) is 47.9 Å². The molecule has 5 heteroatoms. The number of ether oxygens (including phenoxy) is 3. The van der Waals surface area contributed by atoms with Gasteiger partial charge in [-0.25, -0.2) is 0 Å². The summed E-state index contributed by atoms with van der Waals surface area (Å²) in [6, 6.07) is 3.41. The normalized spacial score (nSPS) is 15.9. The van der Waals surface area contributed by atoms with Gasteiger partial charge >= 0.3 is 0 Å². The lowest BCUT2D eigenvalue weighted by Crippen LogP contribution is -2.04. The van der Waals surface area contributed by atoms with Crippen molar-refractivity contribution in [1.29, 1.82) is 0 Å². The summed E-state index contributed by atoms with van der Waals surface area (Å²) in [5, 5.41) is 10.5. The second kappa shape index (κ2) is 5.50. The Bertz CT molecular complexity index is 470. The third kappa shape index (κ3) is 2.26. The zero-order valence-corrected chi connectivity index (χ0v) is 11.0. The maximum atomic E-state index is 10.2. The van der Waals surface area contributed by atoms with Crippen LogP contribution in [0.3, 0.4) is 0 Å². The Morgan fingerprint density at radius 2 is 2.11 bits per heavy atom. The van der Waals surface area contributed by atoms with Gasteiger partial charge in [0, 0.05) is 12.0 Å². The van der Waals surface area contributed by atoms with E-state index in [1.54, 1.807) is 12.1 Å². The van der Waals surface area contributed by atoms with Crippen molar-refractivity contribution in [2.45, 2.75) is 12.5 Å². The third-order valence-corrected chi connectivity index (χ3v) is 3.20. The highest BCUT2D eigenvalue weighted by atomic mass is 35.5. The summed E-state index contributed by atoms with van der Waals surface area (Å²) in [5.74, 6) is 1.47. The Balaban J connectivity index is 2.39. The van der Waals surface area contributed by atoms with Crippen molar-refractivity contribution in [3.8, 4) is 11.5 Å². The van der Waals surface area contributed by atoms with Gasteiger partial charge < -0.3 is 19.3 Å². The van der Waals surface area contributed by atoms with Crippen molar-refractivity contribution in [3.63, 3.8) is 0 Å². The Morgan fingerprint density at radius 3 is 2.67 bits per heavy atom. The quantitative estimate of drug-likeness (QED) is 0.914. The standard InChI is InChI=1S/C13H15ClO4/c1-16-10-6-5-8(11(14)13(10)17-2)12(15)9-4-3-7-18-9/h4-6,12,15H,3,7H2,1-2H3. The fourth-order valence-corrected chi connectivity index (χ4v) is 2.23. The van der Waals surface area contributed by atoms with Gasteiger partial charge in [0.1, 0.15) is 11.9 Å². The van der Waals surface area contributed by atoms with Gasteiger partial charge in [-0.05, 0) is 12.1 Å². The molecule has 0 radical (unpaired) electrons. The first-order valence-corrected chi connectivity index (χ1v) is 5.98. The first kappa shape index (κ1) is 13.1. The lowest BCUT2D eigenvalue weighted by Gasteiger charge is -2.17. The minimum Gasteiger partial charge on any atom is -0.495 e. The fourth-order valence-electron chi connectivity index (χ4n) is 1.90. The van der Waals surface area contributed by atoms with E-state index in [1.807, 2.05) is 6.08 Å². The third-order valence-electron chi connectivity index (χ3n) is 2.81. The molecular weight excluding hydrogens is 256 g/mol. The fraction of sp³-hybridized carbons (Fsp3) is 0.385. The summed E-state index contributed by atoms with van der Waals surface area (Å²) in [7, 11) is 3.04. The molecule has 4 nitrogen and oxygen atoms in total. The molecule has 0 aliphatic carbocycles. The summed E-state index contributed by atoms with van der Waals surface area (Å²) in [6.45, 7) is 0.595. The lowest BCUT2D eigenvalue weighted by molar-refractivity contribution is 0.119. The van der Waals surface area contributed by atoms with Gasteiger partial charge in [-0.2, -0.15) is 0 Å². The minimum absolute atomic E-state index is 0.334. The molecule has 0 spiro atoms. The molecule has 0 fully saturated rings. The van der Waals surface area contributed by atoms with Gasteiger partial charge in [-0.3, -0.25) is 0 Å². The number of hydrogen-bond donors (Lipinski definition) is 1. The van der Waals surface area contributed by atoms with Crippen LogP contribution in [0.5, 0.6) is 11.5 Å². The highest BCUT2D eigenvalue weighted by Crippen LogP contribution is 2.41. The van der Waals surface area contributed by atoms with E-state index in [0.717, 1.165) is 6.42 Å². The number of methoxy groups -OCH3 is 2. The smallest absolute Gasteiger partial charge is 0.179 e. The molecular formula is C13H15ClO4. The number of aliphatic hydroxyl groups excluding tert-OH is 1. The first-order valence-electron chi connectivity index (χ1n) is 5.60. The van der Waals surface area contributed by atoms with Crippen molar-refractivity contribution in [1.82, 2.24) is 0 Å². The summed E-state index contributed by atoms with van der Waals surface area (Å²) < 4.78 is 15.7. The molecule has 2 rings (SSSR count). The monoisotopic (exact) mass is 270 g/mol. The van der Waals surface area contributed by atoms with Crippen LogP contribution in [0.25, 0.3) is 0 Å². The maximum absolute atomic E-state index is 10.2. The molecule has 1 atom stereocenters. The van der Waals surface area contributed by atoms with Gasteiger partial charge in [-0.15, -0.1) is 0 Å². The molecule has 18 heavy (non-hydrogen) atoms. The van der Waals surface area contributed by atoms with Gasteiger partial charge in [0.25, 0.3) is 0 Å². The van der Waals surface area contributed by atoms with Crippen LogP contribution < -0.4 is 9.47 Å². The van der Waals surface area contributed by atoms with Crippen molar-refractivity contribution in [2.24, 2.45) is 0 Å². The molecule has 0 bridgehead atoms. The molecule has 1 unspecified atom stereocenters. The Labute approximate surface area is 111 Å². The molecule has 0 amide bonds. The molecule has 98 valence electrons. The molecule has 1 aliphatic rings. The van der Waals surface area contributed by atoms with Crippen LogP contribution in [0.4, 0.5) is 0 Å². The SMILES string of the molecule is COc1ccc(C(O)C2=CCCO2)c(Cl)c1OC. The summed E-state index contributed by atoms with van der Waals surface area (Å²) in [5.41, 5.74) is 0.544. The van der Waals surface area contributed by atoms with E-state index in [9.17, 15) is 5.11 Å². The number of benzene rings is 1. The van der Waals surface area contributed by atoms with Crippen LogP contribution in [0.15, 0.2) is 24.0 Å². The average molecular weight is 271 g/mol. The molecule has 1 heterocycles. The number of hydrogen-bond acceptors (Lipinski definition) is 4. The number of rotatable bonds is 4. The predicted molar refractivity (Wildman–Crippen MR) is 68.2 cm³/mol. The van der Waals surface area contributed by atoms with E-state index in [2.05, 4.69) is 0 Å². The van der Waals surface area contributed by atoms with E-state index in [4.69, 9.17) is 25.8 Å². The minimum atomic E-state index is -0.875. The lowest BCUT2D eigenvalue weighted by atomic mass is 10.1. The Hall–Kier alpha value is -1.39. The first-order chi connectivity index (χ1) is 8.69. The van der Waals surface area contributed by atoms with Crippen LogP contribution >= 0.6 is 11.6 Å². The summed E-state index contributed by atoms with van der Waals surface area (Å²) >= 11 is 6.22. The molecule has 0 saturated heterocycles. The summed E-state index contributed by atoms with van der Waals surface area (Å²) in [4.78, 5) is 0. The van der Waals surface area contributed by atoms with E-state index in [-0.39, 0.29) is 0 Å². The van der Waals surface area contributed by atoms with E-state index in [1.165, 1.54) is 14.2 Å². The van der Waals surface area contributed by atoms with Gasteiger partial charge in [0.15, 0.2) is 11.5 Å². The Kier molecular flexibility index (Phi) is 3.99. The number of halogens is 1. The highest BCUT2D eigenvalue weighted by Gasteiger charge is 2.23. The molecule has 1 N–H and O–H groups in total. The van der Waals surface area contributed by atoms with Crippen molar-refractivity contribution < 1.29 is 19.3 Å². The molecule has 1 aromatic carbocycles. The van der Waals surface area contributed by atoms with Crippen LogP contribution in [0.2, 0.25) is 5.02 Å². The predicted octanol–water partition coefficient (Wildman–Crippen LogP) is 2.69. The average Bonchev–Trinajstić information content (AvgIpc) is 2.91. The van der Waals surface area contributed by atoms with Crippen LogP contribution in [-0.2, 0) is 4.74 Å². The van der Waals surface area contributed by atoms with Crippen LogP contribution in [-0.4, -0.2) is 25.9 Å². The summed E-state index contributed by atoms with van der Waals surface area (Å²) in [6.07, 6.45) is 1.79. The van der Waals surface area contributed by atoms with Gasteiger partial charge in [-0.1, -0.05) is 17.7 Å². The van der Waals surface area contributed by atoms with Crippen molar-refractivity contribution >= 4 is 11.6 Å². The largest absolute Gasteiger partial charge is 0.495 e.